The Bertz CT molecular complexity index is 1080. The molecule has 0 spiro atoms. The second-order valence-corrected chi connectivity index (χ2v) is 6.37. The summed E-state index contributed by atoms with van der Waals surface area (Å²) in [6.45, 7) is 0. The van der Waals surface area contributed by atoms with Gasteiger partial charge in [-0.05, 0) is 6.07 Å². The summed E-state index contributed by atoms with van der Waals surface area (Å²) in [7, 11) is 1.05. The van der Waals surface area contributed by atoms with Gasteiger partial charge in [0, 0.05) is 13.1 Å². The molecule has 1 aromatic carbocycles. The van der Waals surface area contributed by atoms with Crippen LogP contribution in [0.15, 0.2) is 12.1 Å². The van der Waals surface area contributed by atoms with Crippen LogP contribution in [-0.4, -0.2) is 21.9 Å². The van der Waals surface area contributed by atoms with Crippen molar-refractivity contribution in [3.8, 4) is 0 Å². The standard InChI is InChI=1S/C14H7Cl2F6N5O4/c1-23-11-5(14(20,21)22)2-6(15)12(25-11)24-9-7(26(28)29)3-4(13(17,18)19)8(16)10(9)27(30)31/h2-3H,1H3,(H2,23,24,25). The zero-order valence-electron chi connectivity index (χ0n) is 14.7. The normalized spacial score (nSPS) is 11.9. The minimum absolute atomic E-state index is 0.0609. The third-order valence-corrected chi connectivity index (χ3v) is 4.34. The summed E-state index contributed by atoms with van der Waals surface area (Å²) in [5, 5.41) is 24.4. The van der Waals surface area contributed by atoms with Crippen LogP contribution >= 0.6 is 23.2 Å². The third kappa shape index (κ3) is 4.82. The Morgan fingerprint density at radius 3 is 1.90 bits per heavy atom. The zero-order valence-corrected chi connectivity index (χ0v) is 16.2. The molecule has 0 radical (unpaired) electrons. The van der Waals surface area contributed by atoms with Gasteiger partial charge in [0.05, 0.1) is 26.0 Å². The Morgan fingerprint density at radius 2 is 1.48 bits per heavy atom. The summed E-state index contributed by atoms with van der Waals surface area (Å²) in [4.78, 5) is 23.3. The zero-order chi connectivity index (χ0) is 23.9. The van der Waals surface area contributed by atoms with Gasteiger partial charge in [-0.2, -0.15) is 26.3 Å². The molecule has 2 N–H and O–H groups in total. The van der Waals surface area contributed by atoms with Gasteiger partial charge in [0.1, 0.15) is 10.8 Å². The van der Waals surface area contributed by atoms with Crippen molar-refractivity contribution in [3.63, 3.8) is 0 Å². The number of benzene rings is 1. The van der Waals surface area contributed by atoms with E-state index in [0.717, 1.165) is 7.05 Å². The minimum Gasteiger partial charge on any atom is -0.373 e. The highest BCUT2D eigenvalue weighted by Gasteiger charge is 2.42. The van der Waals surface area contributed by atoms with Crippen LogP contribution in [0.25, 0.3) is 0 Å². The molecule has 0 amide bonds. The number of nitro benzene ring substituents is 2. The van der Waals surface area contributed by atoms with Crippen LogP contribution in [0.4, 0.5) is 55.0 Å². The number of nitrogens with zero attached hydrogens (tertiary/aromatic N) is 3. The van der Waals surface area contributed by atoms with E-state index in [0.29, 0.717) is 6.07 Å². The van der Waals surface area contributed by atoms with Crippen molar-refractivity contribution in [1.82, 2.24) is 4.98 Å². The van der Waals surface area contributed by atoms with E-state index in [9.17, 15) is 46.6 Å². The fourth-order valence-corrected chi connectivity index (χ4v) is 2.90. The van der Waals surface area contributed by atoms with Crippen molar-refractivity contribution in [3.05, 3.63) is 53.5 Å². The Kier molecular flexibility index (Phi) is 6.42. The molecule has 1 heterocycles. The number of halogens is 8. The van der Waals surface area contributed by atoms with Crippen LogP contribution in [0.3, 0.4) is 0 Å². The van der Waals surface area contributed by atoms with E-state index in [4.69, 9.17) is 23.2 Å². The number of anilines is 3. The lowest BCUT2D eigenvalue weighted by molar-refractivity contribution is -0.392. The Hall–Kier alpha value is -3.07. The van der Waals surface area contributed by atoms with Crippen molar-refractivity contribution >= 4 is 51.9 Å². The molecular formula is C14H7Cl2F6N5O4. The monoisotopic (exact) mass is 493 g/mol. The molecular weight excluding hydrogens is 487 g/mol. The highest BCUT2D eigenvalue weighted by molar-refractivity contribution is 6.35. The number of alkyl halides is 6. The molecule has 0 aliphatic carbocycles. The number of rotatable bonds is 5. The van der Waals surface area contributed by atoms with E-state index in [-0.39, 0.29) is 6.07 Å². The summed E-state index contributed by atoms with van der Waals surface area (Å²) in [5.41, 5.74) is -7.34. The lowest BCUT2D eigenvalue weighted by Crippen LogP contribution is -2.13. The van der Waals surface area contributed by atoms with Crippen molar-refractivity contribution in [2.24, 2.45) is 0 Å². The smallest absolute Gasteiger partial charge is 0.373 e. The quantitative estimate of drug-likeness (QED) is 0.296. The summed E-state index contributed by atoms with van der Waals surface area (Å²) in [6, 6.07) is 0.306. The molecule has 0 unspecified atom stereocenters. The largest absolute Gasteiger partial charge is 0.420 e. The van der Waals surface area contributed by atoms with E-state index in [1.165, 1.54) is 0 Å². The van der Waals surface area contributed by atoms with E-state index in [1.807, 2.05) is 5.32 Å². The Balaban J connectivity index is 2.82. The van der Waals surface area contributed by atoms with Crippen LogP contribution in [0.1, 0.15) is 11.1 Å². The maximum Gasteiger partial charge on any atom is 0.420 e. The van der Waals surface area contributed by atoms with Crippen LogP contribution in [0.2, 0.25) is 10.0 Å². The average Bonchev–Trinajstić information content (AvgIpc) is 2.60. The van der Waals surface area contributed by atoms with Gasteiger partial charge in [0.15, 0.2) is 11.5 Å². The van der Waals surface area contributed by atoms with E-state index in [2.05, 4.69) is 10.3 Å². The first-order chi connectivity index (χ1) is 14.1. The highest BCUT2D eigenvalue weighted by Crippen LogP contribution is 2.49. The molecule has 2 aromatic rings. The fourth-order valence-electron chi connectivity index (χ4n) is 2.38. The van der Waals surface area contributed by atoms with Gasteiger partial charge in [-0.1, -0.05) is 23.2 Å². The summed E-state index contributed by atoms with van der Waals surface area (Å²) < 4.78 is 78.5. The molecule has 17 heteroatoms. The number of pyridine rings is 1. The predicted octanol–water partition coefficient (Wildman–Crippen LogP) is 6.03. The SMILES string of the molecule is CNc1nc(Nc2c([N+](=O)[O-])cc(C(F)(F)F)c(Cl)c2[N+](=O)[O-])c(Cl)cc1C(F)(F)F. The fraction of sp³-hybridized carbons (Fsp3) is 0.214. The lowest BCUT2D eigenvalue weighted by Gasteiger charge is -2.16. The second kappa shape index (κ2) is 8.22. The first kappa shape index (κ1) is 24.2. The average molecular weight is 494 g/mol. The van der Waals surface area contributed by atoms with Gasteiger partial charge in [0.25, 0.3) is 0 Å². The molecule has 0 saturated heterocycles. The van der Waals surface area contributed by atoms with Gasteiger partial charge < -0.3 is 10.6 Å². The molecule has 2 rings (SSSR count). The maximum absolute atomic E-state index is 13.1. The molecule has 0 aliphatic heterocycles. The molecule has 0 aliphatic rings. The van der Waals surface area contributed by atoms with Crippen molar-refractivity contribution in [1.29, 1.82) is 0 Å². The van der Waals surface area contributed by atoms with Gasteiger partial charge >= 0.3 is 23.7 Å². The Labute approximate surface area is 177 Å². The van der Waals surface area contributed by atoms with Gasteiger partial charge in [-0.3, -0.25) is 20.2 Å². The first-order valence-electron chi connectivity index (χ1n) is 7.54. The first-order valence-corrected chi connectivity index (χ1v) is 8.30. The third-order valence-electron chi connectivity index (χ3n) is 3.66. The molecule has 31 heavy (non-hydrogen) atoms. The molecule has 1 aromatic heterocycles. The number of nitrogens with one attached hydrogen (secondary N) is 2. The number of aromatic nitrogens is 1. The molecule has 0 atom stereocenters. The topological polar surface area (TPSA) is 123 Å². The van der Waals surface area contributed by atoms with E-state index in [1.54, 1.807) is 0 Å². The van der Waals surface area contributed by atoms with Crippen LogP contribution in [0.5, 0.6) is 0 Å². The van der Waals surface area contributed by atoms with Crippen molar-refractivity contribution in [2.75, 3.05) is 17.7 Å². The molecule has 9 nitrogen and oxygen atoms in total. The van der Waals surface area contributed by atoms with Gasteiger partial charge in [-0.15, -0.1) is 0 Å². The molecule has 0 bridgehead atoms. The molecule has 0 fully saturated rings. The summed E-state index contributed by atoms with van der Waals surface area (Å²) in [6.07, 6.45) is -10.2. The summed E-state index contributed by atoms with van der Waals surface area (Å²) >= 11 is 11.2. The number of hydrogen-bond donors (Lipinski definition) is 2. The van der Waals surface area contributed by atoms with Crippen LogP contribution in [-0.2, 0) is 12.4 Å². The Morgan fingerprint density at radius 1 is 0.935 bits per heavy atom. The van der Waals surface area contributed by atoms with Crippen LogP contribution < -0.4 is 10.6 Å². The van der Waals surface area contributed by atoms with E-state index >= 15 is 0 Å². The predicted molar refractivity (Wildman–Crippen MR) is 96.8 cm³/mol. The van der Waals surface area contributed by atoms with Gasteiger partial charge in [0.2, 0.25) is 0 Å². The second-order valence-electron chi connectivity index (χ2n) is 5.58. The van der Waals surface area contributed by atoms with Crippen molar-refractivity contribution < 1.29 is 36.2 Å². The number of hydrogen-bond acceptors (Lipinski definition) is 7. The van der Waals surface area contributed by atoms with Gasteiger partial charge in [-0.25, -0.2) is 4.98 Å². The maximum atomic E-state index is 13.1. The summed E-state index contributed by atoms with van der Waals surface area (Å²) in [5.74, 6) is -1.57. The highest BCUT2D eigenvalue weighted by atomic mass is 35.5. The number of nitro groups is 2. The van der Waals surface area contributed by atoms with Crippen LogP contribution in [0, 0.1) is 20.2 Å². The molecule has 0 saturated carbocycles. The van der Waals surface area contributed by atoms with E-state index < -0.39 is 72.1 Å². The van der Waals surface area contributed by atoms with Crippen molar-refractivity contribution in [2.45, 2.75) is 12.4 Å². The minimum atomic E-state index is -5.28. The molecule has 168 valence electrons. The lowest BCUT2D eigenvalue weighted by atomic mass is 10.1.